The molecule has 0 aliphatic carbocycles. The molecule has 0 aromatic heterocycles. The van der Waals surface area contributed by atoms with Gasteiger partial charge in [-0.25, -0.2) is 0 Å². The molecule has 0 radical (unpaired) electrons. The van der Waals surface area contributed by atoms with Gasteiger partial charge in [-0.1, -0.05) is 12.1 Å². The molecule has 3 heteroatoms. The predicted octanol–water partition coefficient (Wildman–Crippen LogP) is 1.64. The maximum atomic E-state index is 10.7. The standard InChI is InChI=1S/C11H14N2O/c1-13(8-14)10-6-2-4-9-5-3-7-12-11(9)10/h2,4,6,8,12H,3,5,7H2,1H3. The Kier molecular flexibility index (Phi) is 2.39. The molecule has 2 rings (SSSR count). The number of carbonyl (C=O) groups excluding carboxylic acids is 1. The van der Waals surface area contributed by atoms with E-state index in [2.05, 4.69) is 11.4 Å². The Morgan fingerprint density at radius 3 is 3.14 bits per heavy atom. The minimum atomic E-state index is 0.839. The smallest absolute Gasteiger partial charge is 0.213 e. The van der Waals surface area contributed by atoms with E-state index in [9.17, 15) is 4.79 Å². The van der Waals surface area contributed by atoms with Gasteiger partial charge in [0.2, 0.25) is 6.41 Å². The summed E-state index contributed by atoms with van der Waals surface area (Å²) in [5.41, 5.74) is 3.40. The normalized spacial score (nSPS) is 14.1. The lowest BCUT2D eigenvalue weighted by molar-refractivity contribution is -0.107. The maximum Gasteiger partial charge on any atom is 0.213 e. The number of carbonyl (C=O) groups is 1. The zero-order valence-electron chi connectivity index (χ0n) is 8.29. The molecule has 0 atom stereocenters. The molecule has 0 saturated carbocycles. The second-order valence-corrected chi connectivity index (χ2v) is 3.56. The van der Waals surface area contributed by atoms with Crippen molar-refractivity contribution in [1.29, 1.82) is 0 Å². The van der Waals surface area contributed by atoms with Crippen LogP contribution in [0.4, 0.5) is 11.4 Å². The predicted molar refractivity (Wildman–Crippen MR) is 57.7 cm³/mol. The first-order valence-electron chi connectivity index (χ1n) is 4.87. The van der Waals surface area contributed by atoms with E-state index >= 15 is 0 Å². The van der Waals surface area contributed by atoms with E-state index in [0.29, 0.717) is 0 Å². The van der Waals surface area contributed by atoms with Gasteiger partial charge < -0.3 is 10.2 Å². The largest absolute Gasteiger partial charge is 0.383 e. The third kappa shape index (κ3) is 1.45. The molecular weight excluding hydrogens is 176 g/mol. The van der Waals surface area contributed by atoms with Crippen molar-refractivity contribution in [2.75, 3.05) is 23.8 Å². The summed E-state index contributed by atoms with van der Waals surface area (Å²) in [5, 5.41) is 3.35. The fourth-order valence-electron chi connectivity index (χ4n) is 1.84. The Morgan fingerprint density at radius 1 is 1.50 bits per heavy atom. The molecular formula is C11H14N2O. The van der Waals surface area contributed by atoms with Crippen LogP contribution in [0.3, 0.4) is 0 Å². The molecule has 0 bridgehead atoms. The van der Waals surface area contributed by atoms with Gasteiger partial charge >= 0.3 is 0 Å². The number of anilines is 2. The van der Waals surface area contributed by atoms with Gasteiger partial charge in [0, 0.05) is 13.6 Å². The molecule has 0 saturated heterocycles. The number of hydrogen-bond donors (Lipinski definition) is 1. The summed E-state index contributed by atoms with van der Waals surface area (Å²) in [7, 11) is 1.78. The van der Waals surface area contributed by atoms with E-state index in [0.717, 1.165) is 30.8 Å². The fourth-order valence-corrected chi connectivity index (χ4v) is 1.84. The number of amides is 1. The number of aryl methyl sites for hydroxylation is 1. The lowest BCUT2D eigenvalue weighted by atomic mass is 10.0. The quantitative estimate of drug-likeness (QED) is 0.719. The summed E-state index contributed by atoms with van der Waals surface area (Å²) in [6.45, 7) is 0.997. The van der Waals surface area contributed by atoms with Crippen LogP contribution in [0.25, 0.3) is 0 Å². The Morgan fingerprint density at radius 2 is 2.36 bits per heavy atom. The first-order valence-corrected chi connectivity index (χ1v) is 4.87. The van der Waals surface area contributed by atoms with Gasteiger partial charge in [-0.15, -0.1) is 0 Å². The van der Waals surface area contributed by atoms with Gasteiger partial charge in [0.25, 0.3) is 0 Å². The van der Waals surface area contributed by atoms with Crippen molar-refractivity contribution in [2.24, 2.45) is 0 Å². The molecule has 1 aliphatic heterocycles. The summed E-state index contributed by atoms with van der Waals surface area (Å²) in [4.78, 5) is 12.3. The minimum absolute atomic E-state index is 0.839. The van der Waals surface area contributed by atoms with Gasteiger partial charge in [0.1, 0.15) is 0 Å². The number of para-hydroxylation sites is 1. The first kappa shape index (κ1) is 9.06. The molecule has 74 valence electrons. The molecule has 3 nitrogen and oxygen atoms in total. The number of hydrogen-bond acceptors (Lipinski definition) is 2. The summed E-state index contributed by atoms with van der Waals surface area (Å²) in [6.07, 6.45) is 3.11. The molecule has 0 unspecified atom stereocenters. The van der Waals surface area contributed by atoms with Crippen molar-refractivity contribution in [3.05, 3.63) is 23.8 Å². The maximum absolute atomic E-state index is 10.7. The van der Waals surface area contributed by atoms with Crippen molar-refractivity contribution in [1.82, 2.24) is 0 Å². The number of nitrogens with zero attached hydrogens (tertiary/aromatic N) is 1. The number of benzene rings is 1. The van der Waals surface area contributed by atoms with E-state index in [4.69, 9.17) is 0 Å². The SMILES string of the molecule is CN(C=O)c1cccc2c1NCCC2. The third-order valence-corrected chi connectivity index (χ3v) is 2.59. The van der Waals surface area contributed by atoms with E-state index in [1.165, 1.54) is 12.0 Å². The second-order valence-electron chi connectivity index (χ2n) is 3.56. The zero-order valence-corrected chi connectivity index (χ0v) is 8.29. The van der Waals surface area contributed by atoms with Gasteiger partial charge in [-0.05, 0) is 24.5 Å². The van der Waals surface area contributed by atoms with Crippen LogP contribution in [0, 0.1) is 0 Å². The highest BCUT2D eigenvalue weighted by Gasteiger charge is 2.13. The minimum Gasteiger partial charge on any atom is -0.383 e. The van der Waals surface area contributed by atoms with E-state index < -0.39 is 0 Å². The lowest BCUT2D eigenvalue weighted by Gasteiger charge is -2.23. The third-order valence-electron chi connectivity index (χ3n) is 2.59. The summed E-state index contributed by atoms with van der Waals surface area (Å²) in [6, 6.07) is 6.08. The monoisotopic (exact) mass is 190 g/mol. The fraction of sp³-hybridized carbons (Fsp3) is 0.364. The van der Waals surface area contributed by atoms with Crippen LogP contribution in [-0.2, 0) is 11.2 Å². The van der Waals surface area contributed by atoms with Crippen LogP contribution >= 0.6 is 0 Å². The highest BCUT2D eigenvalue weighted by Crippen LogP contribution is 2.31. The van der Waals surface area contributed by atoms with Gasteiger partial charge in [-0.2, -0.15) is 0 Å². The molecule has 1 aromatic rings. The Balaban J connectivity index is 2.44. The van der Waals surface area contributed by atoms with Gasteiger partial charge in [-0.3, -0.25) is 4.79 Å². The van der Waals surface area contributed by atoms with Crippen molar-refractivity contribution >= 4 is 17.8 Å². The molecule has 0 fully saturated rings. The summed E-state index contributed by atoms with van der Waals surface area (Å²) < 4.78 is 0. The van der Waals surface area contributed by atoms with Crippen molar-refractivity contribution < 1.29 is 4.79 Å². The van der Waals surface area contributed by atoms with E-state index in [-0.39, 0.29) is 0 Å². The van der Waals surface area contributed by atoms with Crippen LogP contribution in [0.2, 0.25) is 0 Å². The van der Waals surface area contributed by atoms with Crippen molar-refractivity contribution in [2.45, 2.75) is 12.8 Å². The van der Waals surface area contributed by atoms with Crippen LogP contribution in [0.1, 0.15) is 12.0 Å². The highest BCUT2D eigenvalue weighted by atomic mass is 16.1. The number of rotatable bonds is 2. The van der Waals surface area contributed by atoms with Crippen LogP contribution in [0.15, 0.2) is 18.2 Å². The van der Waals surface area contributed by atoms with E-state index in [1.54, 1.807) is 11.9 Å². The molecule has 1 amide bonds. The molecule has 1 heterocycles. The van der Waals surface area contributed by atoms with Crippen LogP contribution in [0.5, 0.6) is 0 Å². The van der Waals surface area contributed by atoms with Gasteiger partial charge in [0.15, 0.2) is 0 Å². The average molecular weight is 190 g/mol. The second kappa shape index (κ2) is 3.70. The summed E-state index contributed by atoms with van der Waals surface area (Å²) >= 11 is 0. The average Bonchev–Trinajstić information content (AvgIpc) is 2.27. The Bertz CT molecular complexity index is 349. The van der Waals surface area contributed by atoms with Crippen molar-refractivity contribution in [3.8, 4) is 0 Å². The Labute approximate surface area is 83.7 Å². The molecule has 0 spiro atoms. The molecule has 14 heavy (non-hydrogen) atoms. The zero-order chi connectivity index (χ0) is 9.97. The summed E-state index contributed by atoms with van der Waals surface area (Å²) in [5.74, 6) is 0. The lowest BCUT2D eigenvalue weighted by Crippen LogP contribution is -2.19. The highest BCUT2D eigenvalue weighted by molar-refractivity contribution is 5.84. The molecule has 1 aliphatic rings. The number of nitrogens with one attached hydrogen (secondary N) is 1. The van der Waals surface area contributed by atoms with Crippen LogP contribution < -0.4 is 10.2 Å². The number of fused-ring (bicyclic) bond motifs is 1. The Hall–Kier alpha value is -1.51. The van der Waals surface area contributed by atoms with E-state index in [1.807, 2.05) is 12.1 Å². The first-order chi connectivity index (χ1) is 6.83. The van der Waals surface area contributed by atoms with Gasteiger partial charge in [0.05, 0.1) is 11.4 Å². The van der Waals surface area contributed by atoms with Crippen molar-refractivity contribution in [3.63, 3.8) is 0 Å². The topological polar surface area (TPSA) is 32.3 Å². The molecule has 1 aromatic carbocycles. The van der Waals surface area contributed by atoms with Crippen LogP contribution in [-0.4, -0.2) is 20.0 Å². The molecule has 1 N–H and O–H groups in total.